The highest BCUT2D eigenvalue weighted by Crippen LogP contribution is 2.33. The Morgan fingerprint density at radius 3 is 2.68 bits per heavy atom. The third kappa shape index (κ3) is 2.75. The summed E-state index contributed by atoms with van der Waals surface area (Å²) in [6.07, 6.45) is 9.09. The summed E-state index contributed by atoms with van der Waals surface area (Å²) in [6.45, 7) is 1.000. The lowest BCUT2D eigenvalue weighted by Gasteiger charge is -2.24. The van der Waals surface area contributed by atoms with Gasteiger partial charge in [0.15, 0.2) is 5.65 Å². The van der Waals surface area contributed by atoms with Crippen molar-refractivity contribution >= 4 is 17.2 Å². The first-order valence-electron chi connectivity index (χ1n) is 8.34. The van der Waals surface area contributed by atoms with Gasteiger partial charge in [-0.2, -0.15) is 0 Å². The molecule has 0 atom stereocenters. The van der Waals surface area contributed by atoms with Gasteiger partial charge in [-0.05, 0) is 44.4 Å². The van der Waals surface area contributed by atoms with Crippen LogP contribution in [0.1, 0.15) is 50.1 Å². The van der Waals surface area contributed by atoms with Crippen LogP contribution in [-0.4, -0.2) is 27.2 Å². The van der Waals surface area contributed by atoms with E-state index in [1.807, 2.05) is 16.8 Å². The maximum atomic E-state index is 6.00. The zero-order chi connectivity index (χ0) is 15.1. The first kappa shape index (κ1) is 13.8. The minimum atomic E-state index is 0.359. The van der Waals surface area contributed by atoms with E-state index >= 15 is 0 Å². The molecule has 2 aromatic rings. The Morgan fingerprint density at radius 2 is 1.95 bits per heavy atom. The Kier molecular flexibility index (Phi) is 3.41. The first-order valence-corrected chi connectivity index (χ1v) is 8.34. The molecule has 2 fully saturated rings. The standard InChI is InChI=1S/C16H24N6/c17-12-5-3-11(4-6-12)14-9-22-16(20-14)13(7-15(18)21-22)19-8-10-1-2-10/h7,9-12,19H,1-6,8,17H2,(H2,18,21). The molecule has 0 spiro atoms. The minimum absolute atomic E-state index is 0.359. The van der Waals surface area contributed by atoms with Crippen LogP contribution in [0.25, 0.3) is 5.65 Å². The van der Waals surface area contributed by atoms with E-state index in [0.29, 0.717) is 17.8 Å². The van der Waals surface area contributed by atoms with Gasteiger partial charge in [0.05, 0.1) is 17.6 Å². The number of hydrogen-bond acceptors (Lipinski definition) is 5. The molecule has 4 rings (SSSR count). The molecule has 118 valence electrons. The fourth-order valence-electron chi connectivity index (χ4n) is 3.33. The van der Waals surface area contributed by atoms with Crippen molar-refractivity contribution in [2.24, 2.45) is 11.7 Å². The van der Waals surface area contributed by atoms with Gasteiger partial charge in [0, 0.05) is 24.6 Å². The Bertz CT molecular complexity index is 667. The molecule has 0 aliphatic heterocycles. The van der Waals surface area contributed by atoms with E-state index < -0.39 is 0 Å². The minimum Gasteiger partial charge on any atom is -0.382 e. The molecule has 2 heterocycles. The van der Waals surface area contributed by atoms with Crippen LogP contribution in [0.4, 0.5) is 11.5 Å². The number of rotatable bonds is 4. The fraction of sp³-hybridized carbons (Fsp3) is 0.625. The van der Waals surface area contributed by atoms with Crippen molar-refractivity contribution in [2.45, 2.75) is 50.5 Å². The van der Waals surface area contributed by atoms with Crippen LogP contribution >= 0.6 is 0 Å². The average Bonchev–Trinajstić information content (AvgIpc) is 3.23. The summed E-state index contributed by atoms with van der Waals surface area (Å²) in [5, 5.41) is 7.87. The van der Waals surface area contributed by atoms with Crippen LogP contribution in [0.2, 0.25) is 0 Å². The van der Waals surface area contributed by atoms with Gasteiger partial charge in [0.2, 0.25) is 0 Å². The topological polar surface area (TPSA) is 94.3 Å². The molecule has 2 aliphatic rings. The summed E-state index contributed by atoms with van der Waals surface area (Å²) in [5.41, 5.74) is 15.0. The molecule has 6 heteroatoms. The van der Waals surface area contributed by atoms with E-state index in [1.165, 1.54) is 12.8 Å². The van der Waals surface area contributed by atoms with E-state index in [2.05, 4.69) is 10.4 Å². The summed E-state index contributed by atoms with van der Waals surface area (Å²) < 4.78 is 1.83. The van der Waals surface area contributed by atoms with Gasteiger partial charge in [-0.3, -0.25) is 0 Å². The highest BCUT2D eigenvalue weighted by atomic mass is 15.3. The van der Waals surface area contributed by atoms with E-state index in [0.717, 1.165) is 55.2 Å². The predicted octanol–water partition coefficient (Wildman–Crippen LogP) is 2.12. The van der Waals surface area contributed by atoms with Crippen molar-refractivity contribution in [2.75, 3.05) is 17.6 Å². The third-order valence-corrected chi connectivity index (χ3v) is 4.93. The molecule has 0 bridgehead atoms. The highest BCUT2D eigenvalue weighted by Gasteiger charge is 2.24. The van der Waals surface area contributed by atoms with Crippen molar-refractivity contribution in [3.05, 3.63) is 18.0 Å². The SMILES string of the molecule is Nc1cc(NCC2CC2)c2nc(C3CCC(N)CC3)cn2n1. The summed E-state index contributed by atoms with van der Waals surface area (Å²) in [5.74, 6) is 1.84. The van der Waals surface area contributed by atoms with Crippen LogP contribution in [0.15, 0.2) is 12.3 Å². The molecular formula is C16H24N6. The number of imidazole rings is 1. The van der Waals surface area contributed by atoms with Crippen LogP contribution in [0.3, 0.4) is 0 Å². The quantitative estimate of drug-likeness (QED) is 0.804. The summed E-state index contributed by atoms with van der Waals surface area (Å²) in [7, 11) is 0. The summed E-state index contributed by atoms with van der Waals surface area (Å²) in [6, 6.07) is 2.25. The Balaban J connectivity index is 1.62. The maximum Gasteiger partial charge on any atom is 0.177 e. The number of nitrogens with two attached hydrogens (primary N) is 2. The lowest BCUT2D eigenvalue weighted by atomic mass is 9.85. The smallest absolute Gasteiger partial charge is 0.177 e. The zero-order valence-electron chi connectivity index (χ0n) is 12.8. The van der Waals surface area contributed by atoms with Gasteiger partial charge < -0.3 is 16.8 Å². The van der Waals surface area contributed by atoms with Gasteiger partial charge in [0.25, 0.3) is 0 Å². The molecule has 0 aromatic carbocycles. The molecular weight excluding hydrogens is 276 g/mol. The van der Waals surface area contributed by atoms with Gasteiger partial charge in [-0.15, -0.1) is 5.10 Å². The number of hydrogen-bond donors (Lipinski definition) is 3. The monoisotopic (exact) mass is 300 g/mol. The molecule has 2 aromatic heterocycles. The average molecular weight is 300 g/mol. The molecule has 22 heavy (non-hydrogen) atoms. The number of fused-ring (bicyclic) bond motifs is 1. The van der Waals surface area contributed by atoms with E-state index in [9.17, 15) is 0 Å². The molecule has 0 amide bonds. The zero-order valence-corrected chi connectivity index (χ0v) is 12.8. The second-order valence-corrected chi connectivity index (χ2v) is 6.85. The normalized spacial score (nSPS) is 25.5. The predicted molar refractivity (Wildman–Crippen MR) is 87.8 cm³/mol. The van der Waals surface area contributed by atoms with Crippen LogP contribution < -0.4 is 16.8 Å². The number of aromatic nitrogens is 3. The summed E-state index contributed by atoms with van der Waals surface area (Å²) >= 11 is 0. The molecule has 0 unspecified atom stereocenters. The largest absolute Gasteiger partial charge is 0.382 e. The van der Waals surface area contributed by atoms with Crippen molar-refractivity contribution in [3.8, 4) is 0 Å². The fourth-order valence-corrected chi connectivity index (χ4v) is 3.33. The number of anilines is 2. The van der Waals surface area contributed by atoms with Gasteiger partial charge in [0.1, 0.15) is 5.82 Å². The van der Waals surface area contributed by atoms with E-state index in [-0.39, 0.29) is 0 Å². The summed E-state index contributed by atoms with van der Waals surface area (Å²) in [4.78, 5) is 4.84. The van der Waals surface area contributed by atoms with Crippen LogP contribution in [0, 0.1) is 5.92 Å². The second kappa shape index (κ2) is 5.43. The molecule has 2 aliphatic carbocycles. The van der Waals surface area contributed by atoms with Crippen molar-refractivity contribution < 1.29 is 0 Å². The van der Waals surface area contributed by atoms with Crippen molar-refractivity contribution in [1.82, 2.24) is 14.6 Å². The van der Waals surface area contributed by atoms with Gasteiger partial charge >= 0.3 is 0 Å². The molecule has 6 nitrogen and oxygen atoms in total. The van der Waals surface area contributed by atoms with Gasteiger partial charge in [-0.25, -0.2) is 9.50 Å². The Labute approximate surface area is 130 Å². The van der Waals surface area contributed by atoms with Crippen LogP contribution in [-0.2, 0) is 0 Å². The lowest BCUT2D eigenvalue weighted by Crippen LogP contribution is -2.25. The maximum absolute atomic E-state index is 6.00. The Morgan fingerprint density at radius 1 is 1.18 bits per heavy atom. The first-order chi connectivity index (χ1) is 10.7. The number of nitrogen functional groups attached to an aromatic ring is 1. The molecule has 2 saturated carbocycles. The molecule has 0 saturated heterocycles. The highest BCUT2D eigenvalue weighted by molar-refractivity contribution is 5.70. The van der Waals surface area contributed by atoms with Gasteiger partial charge in [-0.1, -0.05) is 0 Å². The second-order valence-electron chi connectivity index (χ2n) is 6.85. The Hall–Kier alpha value is -1.82. The lowest BCUT2D eigenvalue weighted by molar-refractivity contribution is 0.391. The van der Waals surface area contributed by atoms with E-state index in [4.69, 9.17) is 16.5 Å². The van der Waals surface area contributed by atoms with Crippen molar-refractivity contribution in [3.63, 3.8) is 0 Å². The van der Waals surface area contributed by atoms with Crippen molar-refractivity contribution in [1.29, 1.82) is 0 Å². The third-order valence-electron chi connectivity index (χ3n) is 4.93. The molecule has 0 radical (unpaired) electrons. The van der Waals surface area contributed by atoms with Crippen LogP contribution in [0.5, 0.6) is 0 Å². The number of nitrogens with zero attached hydrogens (tertiary/aromatic N) is 3. The number of nitrogens with one attached hydrogen (secondary N) is 1. The van der Waals surface area contributed by atoms with E-state index in [1.54, 1.807) is 0 Å². The molecule has 5 N–H and O–H groups in total.